The molecule has 1 heterocycles. The van der Waals surface area contributed by atoms with Crippen LogP contribution in [0.5, 0.6) is 11.5 Å². The van der Waals surface area contributed by atoms with E-state index in [0.29, 0.717) is 41.5 Å². The number of aromatic nitrogens is 1. The first-order chi connectivity index (χ1) is 18.5. The number of amides is 2. The smallest absolute Gasteiger partial charge is 0.301 e. The highest BCUT2D eigenvalue weighted by molar-refractivity contribution is 7.88. The fraction of sp³-hybridized carbons (Fsp3) is 0.346. The number of hydrogen-bond acceptors (Lipinski definition) is 8. The Morgan fingerprint density at radius 2 is 1.74 bits per heavy atom. The summed E-state index contributed by atoms with van der Waals surface area (Å²) < 4.78 is 51.9. The number of nitrogens with zero attached hydrogens (tertiary/aromatic N) is 2. The van der Waals surface area contributed by atoms with Crippen LogP contribution in [0.1, 0.15) is 49.0 Å². The van der Waals surface area contributed by atoms with Gasteiger partial charge in [0.05, 0.1) is 20.8 Å². The average molecular weight is 579 g/mol. The van der Waals surface area contributed by atoms with E-state index in [1.54, 1.807) is 17.0 Å². The van der Waals surface area contributed by atoms with E-state index in [4.69, 9.17) is 9.47 Å². The minimum Gasteiger partial charge on any atom is -0.496 e. The number of methoxy groups -OCH3 is 2. The topological polar surface area (TPSA) is 127 Å². The maximum atomic E-state index is 13.9. The van der Waals surface area contributed by atoms with Crippen LogP contribution in [0.15, 0.2) is 35.7 Å². The Labute approximate surface area is 231 Å². The number of thiazole rings is 1. The summed E-state index contributed by atoms with van der Waals surface area (Å²) in [7, 11) is 0.191. The van der Waals surface area contributed by atoms with E-state index in [2.05, 4.69) is 4.98 Å². The molecule has 3 aromatic rings. The molecular weight excluding hydrogens is 547 g/mol. The highest BCUT2D eigenvalue weighted by Crippen LogP contribution is 2.30. The van der Waals surface area contributed by atoms with Crippen molar-refractivity contribution >= 4 is 33.4 Å². The van der Waals surface area contributed by atoms with Crippen LogP contribution in [0, 0.1) is 19.7 Å². The largest absolute Gasteiger partial charge is 0.496 e. The maximum absolute atomic E-state index is 13.9. The fourth-order valence-corrected chi connectivity index (χ4v) is 5.19. The Kier molecular flexibility index (Phi) is 10.0. The van der Waals surface area contributed by atoms with Gasteiger partial charge in [0.15, 0.2) is 0 Å². The van der Waals surface area contributed by atoms with Crippen molar-refractivity contribution in [1.82, 2.24) is 19.3 Å². The van der Waals surface area contributed by atoms with Crippen molar-refractivity contribution in [2.45, 2.75) is 33.2 Å². The summed E-state index contributed by atoms with van der Waals surface area (Å²) in [5, 5.41) is 1.86. The number of carbonyl (C=O) groups is 2. The van der Waals surface area contributed by atoms with Crippen molar-refractivity contribution in [1.29, 1.82) is 0 Å². The Bertz CT molecular complexity index is 1410. The van der Waals surface area contributed by atoms with Gasteiger partial charge in [0.25, 0.3) is 11.8 Å². The predicted octanol–water partition coefficient (Wildman–Crippen LogP) is 3.39. The van der Waals surface area contributed by atoms with Crippen molar-refractivity contribution in [3.8, 4) is 11.5 Å². The molecule has 0 aliphatic carbocycles. The van der Waals surface area contributed by atoms with Crippen LogP contribution < -0.4 is 18.9 Å². The Morgan fingerprint density at radius 1 is 1.08 bits per heavy atom. The van der Waals surface area contributed by atoms with Gasteiger partial charge in [-0.3, -0.25) is 9.59 Å². The number of nitrogens with one attached hydrogen (secondary N) is 2. The van der Waals surface area contributed by atoms with E-state index in [1.807, 2.05) is 29.4 Å². The van der Waals surface area contributed by atoms with Gasteiger partial charge < -0.3 is 14.4 Å². The van der Waals surface area contributed by atoms with Crippen LogP contribution in [0.25, 0.3) is 0 Å². The fourth-order valence-electron chi connectivity index (χ4n) is 3.95. The molecule has 3 rings (SSSR count). The van der Waals surface area contributed by atoms with Gasteiger partial charge in [-0.1, -0.05) is 6.07 Å². The van der Waals surface area contributed by atoms with Gasteiger partial charge in [0.2, 0.25) is 0 Å². The lowest BCUT2D eigenvalue weighted by molar-refractivity contribution is 0.0740. The van der Waals surface area contributed by atoms with Crippen LogP contribution in [0.2, 0.25) is 0 Å². The van der Waals surface area contributed by atoms with E-state index >= 15 is 0 Å². The van der Waals surface area contributed by atoms with E-state index in [9.17, 15) is 22.4 Å². The average Bonchev–Trinajstić information content (AvgIpc) is 3.36. The van der Waals surface area contributed by atoms with E-state index < -0.39 is 16.1 Å². The molecule has 2 amide bonds. The first-order valence-electron chi connectivity index (χ1n) is 11.9. The molecule has 13 heteroatoms. The molecule has 0 bridgehead atoms. The normalized spacial score (nSPS) is 11.2. The van der Waals surface area contributed by atoms with Crippen LogP contribution >= 0.6 is 11.3 Å². The third-order valence-corrected chi connectivity index (χ3v) is 7.71. The second kappa shape index (κ2) is 13.0. The Morgan fingerprint density at radius 3 is 2.33 bits per heavy atom. The van der Waals surface area contributed by atoms with Crippen LogP contribution in [0.3, 0.4) is 0 Å². The van der Waals surface area contributed by atoms with E-state index in [-0.39, 0.29) is 24.0 Å². The second-order valence-corrected chi connectivity index (χ2v) is 11.3. The van der Waals surface area contributed by atoms with E-state index in [0.717, 1.165) is 28.0 Å². The monoisotopic (exact) mass is 578 g/mol. The van der Waals surface area contributed by atoms with Crippen molar-refractivity contribution < 1.29 is 31.9 Å². The third kappa shape index (κ3) is 7.97. The Balaban J connectivity index is 1.86. The molecule has 0 saturated carbocycles. The lowest BCUT2D eigenvalue weighted by Gasteiger charge is -2.23. The minimum atomic E-state index is -3.99. The van der Waals surface area contributed by atoms with Crippen molar-refractivity contribution in [2.75, 3.05) is 27.8 Å². The first-order valence-corrected chi connectivity index (χ1v) is 14.3. The van der Waals surface area contributed by atoms with Gasteiger partial charge in [-0.25, -0.2) is 18.8 Å². The molecular formula is C26H31FN4O6S2. The summed E-state index contributed by atoms with van der Waals surface area (Å²) in [6, 6.07) is 8.09. The van der Waals surface area contributed by atoms with Crippen LogP contribution in [0.4, 0.5) is 4.39 Å². The standard InChI is InChI=1S/C26H31FN4O6S2/c1-16-9-18(11-20(27)10-16)7-6-8-31(26(33)19-12-22(36-4)17(2)23(13-19)37-5)14-24-29-21(15-38-24)25(32)30-39(34,35)28-3/h9-13,15,28H,6-8,14H2,1-5H3,(H,30,32). The van der Waals surface area contributed by atoms with Crippen molar-refractivity contribution in [3.05, 3.63) is 74.5 Å². The maximum Gasteiger partial charge on any atom is 0.301 e. The SMILES string of the molecule is CNS(=O)(=O)NC(=O)c1csc(CN(CCCc2cc(C)cc(F)c2)C(=O)c2cc(OC)c(C)c(OC)c2)n1. The quantitative estimate of drug-likeness (QED) is 0.337. The summed E-state index contributed by atoms with van der Waals surface area (Å²) in [5.74, 6) is -0.537. The molecule has 0 fully saturated rings. The van der Waals surface area contributed by atoms with Gasteiger partial charge >= 0.3 is 10.2 Å². The molecule has 0 aliphatic rings. The number of carbonyl (C=O) groups excluding carboxylic acids is 2. The Hall–Kier alpha value is -3.55. The predicted molar refractivity (Wildman–Crippen MR) is 146 cm³/mol. The van der Waals surface area contributed by atoms with Gasteiger partial charge in [-0.05, 0) is 62.1 Å². The molecule has 2 N–H and O–H groups in total. The molecule has 2 aromatic carbocycles. The lowest BCUT2D eigenvalue weighted by Crippen LogP contribution is -2.38. The third-order valence-electron chi connectivity index (χ3n) is 5.89. The van der Waals surface area contributed by atoms with Gasteiger partial charge in [0.1, 0.15) is 28.0 Å². The molecule has 10 nitrogen and oxygen atoms in total. The van der Waals surface area contributed by atoms with Gasteiger partial charge in [-0.15, -0.1) is 11.3 Å². The summed E-state index contributed by atoms with van der Waals surface area (Å²) in [6.07, 6.45) is 1.07. The summed E-state index contributed by atoms with van der Waals surface area (Å²) in [5.41, 5.74) is 2.63. The minimum absolute atomic E-state index is 0.0657. The summed E-state index contributed by atoms with van der Waals surface area (Å²) in [4.78, 5) is 31.8. The molecule has 0 atom stereocenters. The molecule has 0 radical (unpaired) electrons. The zero-order valence-corrected chi connectivity index (χ0v) is 24.0. The molecule has 0 spiro atoms. The molecule has 39 heavy (non-hydrogen) atoms. The number of rotatable bonds is 12. The van der Waals surface area contributed by atoms with Crippen molar-refractivity contribution in [2.24, 2.45) is 0 Å². The zero-order valence-electron chi connectivity index (χ0n) is 22.3. The number of ether oxygens (including phenoxy) is 2. The molecule has 210 valence electrons. The number of benzene rings is 2. The summed E-state index contributed by atoms with van der Waals surface area (Å²) >= 11 is 1.12. The number of hydrogen-bond donors (Lipinski definition) is 2. The van der Waals surface area contributed by atoms with Crippen LogP contribution in [-0.4, -0.2) is 57.9 Å². The second-order valence-electron chi connectivity index (χ2n) is 8.74. The molecule has 0 saturated heterocycles. The molecule has 1 aromatic heterocycles. The lowest BCUT2D eigenvalue weighted by atomic mass is 10.1. The first kappa shape index (κ1) is 30.0. The number of aryl methyl sites for hydroxylation is 2. The zero-order chi connectivity index (χ0) is 28.7. The van der Waals surface area contributed by atoms with Crippen LogP contribution in [-0.2, 0) is 23.2 Å². The highest BCUT2D eigenvalue weighted by atomic mass is 32.2. The van der Waals surface area contributed by atoms with Gasteiger partial charge in [-0.2, -0.15) is 8.42 Å². The summed E-state index contributed by atoms with van der Waals surface area (Å²) in [6.45, 7) is 4.01. The van der Waals surface area contributed by atoms with E-state index in [1.165, 1.54) is 38.8 Å². The van der Waals surface area contributed by atoms with Gasteiger partial charge in [0, 0.05) is 30.1 Å². The molecule has 0 aliphatic heterocycles. The molecule has 0 unspecified atom stereocenters. The van der Waals surface area contributed by atoms with Crippen molar-refractivity contribution in [3.63, 3.8) is 0 Å². The number of halogens is 1. The highest BCUT2D eigenvalue weighted by Gasteiger charge is 2.22.